The SMILES string of the molecule is CCCc1n[nH]c(=S)n1CC(=O)Nc1cccc(C(=O)N(CC)CC)c1. The number of aryl methyl sites for hydroxylation is 1. The summed E-state index contributed by atoms with van der Waals surface area (Å²) in [7, 11) is 0. The zero-order valence-electron chi connectivity index (χ0n) is 15.4. The molecular weight excluding hydrogens is 350 g/mol. The van der Waals surface area contributed by atoms with E-state index in [4.69, 9.17) is 12.2 Å². The Bertz CT molecular complexity index is 823. The smallest absolute Gasteiger partial charge is 0.253 e. The van der Waals surface area contributed by atoms with Crippen molar-refractivity contribution in [3.05, 3.63) is 40.4 Å². The minimum absolute atomic E-state index is 0.0478. The van der Waals surface area contributed by atoms with Gasteiger partial charge in [-0.05, 0) is 50.7 Å². The average Bonchev–Trinajstić information content (AvgIpc) is 2.96. The third kappa shape index (κ3) is 4.78. The van der Waals surface area contributed by atoms with Crippen LogP contribution in [0.1, 0.15) is 43.4 Å². The van der Waals surface area contributed by atoms with Crippen LogP contribution in [0.3, 0.4) is 0 Å². The minimum atomic E-state index is -0.215. The average molecular weight is 375 g/mol. The summed E-state index contributed by atoms with van der Waals surface area (Å²) in [6, 6.07) is 6.97. The minimum Gasteiger partial charge on any atom is -0.339 e. The first-order chi connectivity index (χ1) is 12.5. The topological polar surface area (TPSA) is 83.0 Å². The van der Waals surface area contributed by atoms with E-state index in [-0.39, 0.29) is 18.4 Å². The van der Waals surface area contributed by atoms with E-state index in [1.54, 1.807) is 33.7 Å². The predicted molar refractivity (Wildman–Crippen MR) is 104 cm³/mol. The summed E-state index contributed by atoms with van der Waals surface area (Å²) in [6.45, 7) is 7.29. The summed E-state index contributed by atoms with van der Waals surface area (Å²) >= 11 is 5.20. The number of aromatic amines is 1. The molecule has 0 aliphatic carbocycles. The zero-order chi connectivity index (χ0) is 19.1. The van der Waals surface area contributed by atoms with Crippen LogP contribution in [0, 0.1) is 4.77 Å². The largest absolute Gasteiger partial charge is 0.339 e. The second-order valence-electron chi connectivity index (χ2n) is 5.89. The Morgan fingerprint density at radius 1 is 1.27 bits per heavy atom. The van der Waals surface area contributed by atoms with Gasteiger partial charge < -0.3 is 10.2 Å². The Labute approximate surface area is 158 Å². The molecule has 2 aromatic rings. The number of rotatable bonds is 8. The summed E-state index contributed by atoms with van der Waals surface area (Å²) < 4.78 is 2.12. The number of carbonyl (C=O) groups excluding carboxylic acids is 2. The van der Waals surface area contributed by atoms with E-state index in [2.05, 4.69) is 15.5 Å². The van der Waals surface area contributed by atoms with Crippen LogP contribution in [0.4, 0.5) is 5.69 Å². The van der Waals surface area contributed by atoms with Crippen LogP contribution in [0.5, 0.6) is 0 Å². The third-order valence-electron chi connectivity index (χ3n) is 4.06. The van der Waals surface area contributed by atoms with Gasteiger partial charge in [-0.15, -0.1) is 0 Å². The monoisotopic (exact) mass is 375 g/mol. The number of nitrogens with zero attached hydrogens (tertiary/aromatic N) is 3. The van der Waals surface area contributed by atoms with E-state index in [1.165, 1.54) is 0 Å². The molecule has 0 unspecified atom stereocenters. The molecule has 0 radical (unpaired) electrons. The molecule has 2 amide bonds. The molecule has 8 heteroatoms. The molecule has 1 aromatic carbocycles. The van der Waals surface area contributed by atoms with Gasteiger partial charge in [0.1, 0.15) is 12.4 Å². The fourth-order valence-electron chi connectivity index (χ4n) is 2.70. The molecule has 1 heterocycles. The first-order valence-corrected chi connectivity index (χ1v) is 9.24. The number of hydrogen-bond donors (Lipinski definition) is 2. The number of hydrogen-bond acceptors (Lipinski definition) is 4. The molecule has 0 spiro atoms. The van der Waals surface area contributed by atoms with Gasteiger partial charge in [-0.1, -0.05) is 13.0 Å². The van der Waals surface area contributed by atoms with Gasteiger partial charge in [0, 0.05) is 30.8 Å². The summed E-state index contributed by atoms with van der Waals surface area (Å²) in [4.78, 5) is 26.6. The molecule has 26 heavy (non-hydrogen) atoms. The van der Waals surface area contributed by atoms with Crippen molar-refractivity contribution < 1.29 is 9.59 Å². The lowest BCUT2D eigenvalue weighted by Gasteiger charge is -2.19. The van der Waals surface area contributed by atoms with Crippen LogP contribution in [-0.2, 0) is 17.8 Å². The van der Waals surface area contributed by atoms with Gasteiger partial charge in [-0.25, -0.2) is 0 Å². The van der Waals surface area contributed by atoms with Crippen LogP contribution in [0.2, 0.25) is 0 Å². The molecule has 140 valence electrons. The number of anilines is 1. The Morgan fingerprint density at radius 3 is 2.65 bits per heavy atom. The van der Waals surface area contributed by atoms with Gasteiger partial charge in [-0.2, -0.15) is 5.10 Å². The maximum Gasteiger partial charge on any atom is 0.253 e. The van der Waals surface area contributed by atoms with Gasteiger partial charge >= 0.3 is 0 Å². The lowest BCUT2D eigenvalue weighted by molar-refractivity contribution is -0.116. The first-order valence-electron chi connectivity index (χ1n) is 8.83. The van der Waals surface area contributed by atoms with E-state index in [0.29, 0.717) is 29.1 Å². The number of nitrogens with one attached hydrogen (secondary N) is 2. The molecule has 0 aliphatic heterocycles. The van der Waals surface area contributed by atoms with Crippen LogP contribution >= 0.6 is 12.2 Å². The summed E-state index contributed by atoms with van der Waals surface area (Å²) in [6.07, 6.45) is 1.66. The molecule has 2 N–H and O–H groups in total. The number of carbonyl (C=O) groups is 2. The Hall–Kier alpha value is -2.48. The molecule has 2 rings (SSSR count). The van der Waals surface area contributed by atoms with Gasteiger partial charge in [0.15, 0.2) is 4.77 Å². The maximum absolute atomic E-state index is 12.4. The number of benzene rings is 1. The first kappa shape index (κ1) is 19.8. The van der Waals surface area contributed by atoms with Crippen molar-refractivity contribution in [2.45, 2.75) is 40.2 Å². The Kier molecular flexibility index (Phi) is 7.08. The second kappa shape index (κ2) is 9.28. The van der Waals surface area contributed by atoms with Gasteiger partial charge in [0.05, 0.1) is 0 Å². The highest BCUT2D eigenvalue weighted by Gasteiger charge is 2.14. The molecule has 0 aliphatic rings. The summed E-state index contributed by atoms with van der Waals surface area (Å²) in [5.41, 5.74) is 1.14. The van der Waals surface area contributed by atoms with E-state index >= 15 is 0 Å². The Balaban J connectivity index is 2.10. The molecule has 1 aromatic heterocycles. The normalized spacial score (nSPS) is 10.6. The molecule has 0 bridgehead atoms. The van der Waals surface area contributed by atoms with Crippen molar-refractivity contribution in [1.82, 2.24) is 19.7 Å². The van der Waals surface area contributed by atoms with Crippen molar-refractivity contribution in [2.75, 3.05) is 18.4 Å². The van der Waals surface area contributed by atoms with Crippen LogP contribution < -0.4 is 5.32 Å². The lowest BCUT2D eigenvalue weighted by Crippen LogP contribution is -2.30. The van der Waals surface area contributed by atoms with Crippen LogP contribution in [0.15, 0.2) is 24.3 Å². The molecule has 0 atom stereocenters. The Morgan fingerprint density at radius 2 is 2.00 bits per heavy atom. The fourth-order valence-corrected chi connectivity index (χ4v) is 2.91. The van der Waals surface area contributed by atoms with Crippen molar-refractivity contribution in [3.8, 4) is 0 Å². The van der Waals surface area contributed by atoms with Gasteiger partial charge in [0.25, 0.3) is 5.91 Å². The van der Waals surface area contributed by atoms with E-state index < -0.39 is 0 Å². The number of H-pyrrole nitrogens is 1. The predicted octanol–water partition coefficient (Wildman–Crippen LogP) is 3.01. The molecule has 0 saturated carbocycles. The second-order valence-corrected chi connectivity index (χ2v) is 6.27. The zero-order valence-corrected chi connectivity index (χ0v) is 16.2. The third-order valence-corrected chi connectivity index (χ3v) is 4.37. The standard InChI is InChI=1S/C18H25N5O2S/c1-4-8-15-20-21-18(26)23(15)12-16(24)19-14-10-7-9-13(11-14)17(25)22(5-2)6-3/h7,9-11H,4-6,8,12H2,1-3H3,(H,19,24)(H,21,26). The van der Waals surface area contributed by atoms with Crippen molar-refractivity contribution >= 4 is 29.7 Å². The van der Waals surface area contributed by atoms with E-state index in [0.717, 1.165) is 18.7 Å². The van der Waals surface area contributed by atoms with Crippen molar-refractivity contribution in [1.29, 1.82) is 0 Å². The maximum atomic E-state index is 12.4. The molecule has 0 saturated heterocycles. The van der Waals surface area contributed by atoms with E-state index in [1.807, 2.05) is 20.8 Å². The molecular formula is C18H25N5O2S. The summed E-state index contributed by atoms with van der Waals surface area (Å²) in [5, 5.41) is 9.71. The number of aromatic nitrogens is 3. The summed E-state index contributed by atoms with van der Waals surface area (Å²) in [5.74, 6) is 0.499. The highest BCUT2D eigenvalue weighted by molar-refractivity contribution is 7.71. The highest BCUT2D eigenvalue weighted by Crippen LogP contribution is 2.13. The quantitative estimate of drug-likeness (QED) is 0.695. The highest BCUT2D eigenvalue weighted by atomic mass is 32.1. The van der Waals surface area contributed by atoms with Crippen molar-refractivity contribution in [2.24, 2.45) is 0 Å². The van der Waals surface area contributed by atoms with E-state index in [9.17, 15) is 9.59 Å². The van der Waals surface area contributed by atoms with Gasteiger partial charge in [0.2, 0.25) is 5.91 Å². The van der Waals surface area contributed by atoms with Crippen molar-refractivity contribution in [3.63, 3.8) is 0 Å². The van der Waals surface area contributed by atoms with Crippen LogP contribution in [-0.4, -0.2) is 44.6 Å². The van der Waals surface area contributed by atoms with Gasteiger partial charge in [-0.3, -0.25) is 19.3 Å². The lowest BCUT2D eigenvalue weighted by atomic mass is 10.1. The molecule has 0 fully saturated rings. The molecule has 7 nitrogen and oxygen atoms in total. The fraction of sp³-hybridized carbons (Fsp3) is 0.444. The number of amides is 2. The van der Waals surface area contributed by atoms with Crippen LogP contribution in [0.25, 0.3) is 0 Å².